The van der Waals surface area contributed by atoms with Crippen LogP contribution >= 0.6 is 11.8 Å². The molecule has 2 aromatic carbocycles. The van der Waals surface area contributed by atoms with E-state index in [0.717, 1.165) is 23.9 Å². The van der Waals surface area contributed by atoms with Crippen LogP contribution in [0.1, 0.15) is 30.3 Å². The van der Waals surface area contributed by atoms with Crippen LogP contribution in [0.5, 0.6) is 0 Å². The van der Waals surface area contributed by atoms with E-state index in [1.165, 1.54) is 17.3 Å². The summed E-state index contributed by atoms with van der Waals surface area (Å²) in [7, 11) is 0. The molecule has 0 aliphatic carbocycles. The molecule has 0 saturated carbocycles. The Labute approximate surface area is 168 Å². The average Bonchev–Trinajstić information content (AvgIpc) is 3.10. The van der Waals surface area contributed by atoms with Crippen molar-refractivity contribution in [3.05, 3.63) is 71.5 Å². The predicted molar refractivity (Wildman–Crippen MR) is 110 cm³/mol. The fourth-order valence-corrected chi connectivity index (χ4v) is 3.75. The smallest absolute Gasteiger partial charge is 0.225 e. The molecule has 0 unspecified atom stereocenters. The van der Waals surface area contributed by atoms with Crippen molar-refractivity contribution >= 4 is 23.4 Å². The second-order valence-corrected chi connectivity index (χ2v) is 7.17. The van der Waals surface area contributed by atoms with E-state index in [2.05, 4.69) is 45.2 Å². The molecule has 1 N–H and O–H groups in total. The minimum Gasteiger partial charge on any atom is -0.325 e. The highest BCUT2D eigenvalue weighted by atomic mass is 32.2. The minimum atomic E-state index is -0.123. The maximum Gasteiger partial charge on any atom is 0.225 e. The van der Waals surface area contributed by atoms with Crippen LogP contribution in [-0.2, 0) is 17.8 Å². The Hall–Kier alpha value is -3.11. The number of aromatic nitrogens is 3. The van der Waals surface area contributed by atoms with E-state index in [1.807, 2.05) is 18.2 Å². The first-order valence-corrected chi connectivity index (χ1v) is 10.1. The lowest BCUT2D eigenvalue weighted by molar-refractivity contribution is -0.115. The van der Waals surface area contributed by atoms with E-state index in [-0.39, 0.29) is 5.91 Å². The van der Waals surface area contributed by atoms with Crippen LogP contribution < -0.4 is 5.32 Å². The normalized spacial score (nSPS) is 10.4. The van der Waals surface area contributed by atoms with Gasteiger partial charge < -0.3 is 9.88 Å². The van der Waals surface area contributed by atoms with E-state index >= 15 is 0 Å². The van der Waals surface area contributed by atoms with Crippen molar-refractivity contribution < 1.29 is 4.79 Å². The number of carbonyl (C=O) groups is 1. The van der Waals surface area contributed by atoms with Gasteiger partial charge in [-0.15, -0.1) is 10.2 Å². The van der Waals surface area contributed by atoms with Gasteiger partial charge in [-0.1, -0.05) is 54.2 Å². The lowest BCUT2D eigenvalue weighted by Gasteiger charge is -2.08. The van der Waals surface area contributed by atoms with E-state index in [0.29, 0.717) is 23.4 Å². The van der Waals surface area contributed by atoms with Crippen molar-refractivity contribution in [2.75, 3.05) is 11.1 Å². The fraction of sp³-hybridized carbons (Fsp3) is 0.238. The van der Waals surface area contributed by atoms with Gasteiger partial charge in [0, 0.05) is 25.1 Å². The van der Waals surface area contributed by atoms with Crippen molar-refractivity contribution in [2.24, 2.45) is 0 Å². The van der Waals surface area contributed by atoms with Gasteiger partial charge in [-0.2, -0.15) is 5.26 Å². The molecular formula is C21H21N5OS. The third-order valence-electron chi connectivity index (χ3n) is 4.20. The highest BCUT2D eigenvalue weighted by molar-refractivity contribution is 7.99. The van der Waals surface area contributed by atoms with Crippen LogP contribution in [0.15, 0.2) is 59.8 Å². The van der Waals surface area contributed by atoms with Gasteiger partial charge in [-0.25, -0.2) is 0 Å². The second-order valence-electron chi connectivity index (χ2n) is 6.11. The molecule has 0 atom stereocenters. The highest BCUT2D eigenvalue weighted by Gasteiger charge is 2.13. The molecule has 1 heterocycles. The van der Waals surface area contributed by atoms with Crippen molar-refractivity contribution in [1.29, 1.82) is 5.26 Å². The number of para-hydroxylation sites is 1. The number of hydrogen-bond donors (Lipinski definition) is 1. The fourth-order valence-electron chi connectivity index (χ4n) is 2.79. The summed E-state index contributed by atoms with van der Waals surface area (Å²) in [5, 5.41) is 21.3. The minimum absolute atomic E-state index is 0.123. The van der Waals surface area contributed by atoms with Crippen LogP contribution in [0.4, 0.5) is 5.69 Å². The molecule has 3 rings (SSSR count). The zero-order valence-corrected chi connectivity index (χ0v) is 16.4. The summed E-state index contributed by atoms with van der Waals surface area (Å²) >= 11 is 1.52. The lowest BCUT2D eigenvalue weighted by Crippen LogP contribution is -2.13. The maximum absolute atomic E-state index is 12.2. The average molecular weight is 392 g/mol. The number of anilines is 1. The number of amides is 1. The first kappa shape index (κ1) is 19.6. The zero-order chi connectivity index (χ0) is 19.8. The number of rotatable bonds is 8. The SMILES string of the molecule is CCn1c(Cc2ccccc2)nnc1SCCC(=O)Nc1ccccc1C#N. The quantitative estimate of drug-likeness (QED) is 0.589. The molecule has 0 radical (unpaired) electrons. The number of nitrogens with one attached hydrogen (secondary N) is 1. The summed E-state index contributed by atoms with van der Waals surface area (Å²) in [6, 6.07) is 19.2. The summed E-state index contributed by atoms with van der Waals surface area (Å²) in [5.41, 5.74) is 2.19. The Kier molecular flexibility index (Phi) is 6.82. The van der Waals surface area contributed by atoms with Crippen LogP contribution in [0.25, 0.3) is 0 Å². The van der Waals surface area contributed by atoms with Crippen LogP contribution in [0, 0.1) is 11.3 Å². The highest BCUT2D eigenvalue weighted by Crippen LogP contribution is 2.20. The first-order chi connectivity index (χ1) is 13.7. The van der Waals surface area contributed by atoms with Gasteiger partial charge in [0.05, 0.1) is 11.3 Å². The molecule has 1 amide bonds. The van der Waals surface area contributed by atoms with Crippen LogP contribution in [0.3, 0.4) is 0 Å². The van der Waals surface area contributed by atoms with E-state index in [4.69, 9.17) is 5.26 Å². The summed E-state index contributed by atoms with van der Waals surface area (Å²) in [6.07, 6.45) is 1.06. The molecular weight excluding hydrogens is 370 g/mol. The van der Waals surface area contributed by atoms with Gasteiger partial charge in [0.25, 0.3) is 0 Å². The van der Waals surface area contributed by atoms with Gasteiger partial charge >= 0.3 is 0 Å². The zero-order valence-electron chi connectivity index (χ0n) is 15.6. The molecule has 28 heavy (non-hydrogen) atoms. The third kappa shape index (κ3) is 4.99. The molecule has 0 aliphatic rings. The van der Waals surface area contributed by atoms with E-state index in [9.17, 15) is 4.79 Å². The Balaban J connectivity index is 1.56. The Morgan fingerprint density at radius 1 is 1.14 bits per heavy atom. The van der Waals surface area contributed by atoms with Gasteiger partial charge in [0.2, 0.25) is 5.91 Å². The molecule has 1 aromatic heterocycles. The lowest BCUT2D eigenvalue weighted by atomic mass is 10.1. The van der Waals surface area contributed by atoms with Gasteiger partial charge in [-0.3, -0.25) is 4.79 Å². The number of nitrogens with zero attached hydrogens (tertiary/aromatic N) is 4. The Bertz CT molecular complexity index is 978. The molecule has 142 valence electrons. The van der Waals surface area contributed by atoms with Gasteiger partial charge in [0.1, 0.15) is 11.9 Å². The van der Waals surface area contributed by atoms with Crippen LogP contribution in [-0.4, -0.2) is 26.4 Å². The first-order valence-electron chi connectivity index (χ1n) is 9.09. The summed E-state index contributed by atoms with van der Waals surface area (Å²) in [5.74, 6) is 1.38. The largest absolute Gasteiger partial charge is 0.325 e. The van der Waals surface area contributed by atoms with E-state index < -0.39 is 0 Å². The molecule has 0 saturated heterocycles. The molecule has 3 aromatic rings. The van der Waals surface area contributed by atoms with Crippen molar-refractivity contribution in [3.63, 3.8) is 0 Å². The Morgan fingerprint density at radius 2 is 1.89 bits per heavy atom. The van der Waals surface area contributed by atoms with Crippen molar-refractivity contribution in [1.82, 2.24) is 14.8 Å². The van der Waals surface area contributed by atoms with E-state index in [1.54, 1.807) is 24.3 Å². The number of benzene rings is 2. The maximum atomic E-state index is 12.2. The monoisotopic (exact) mass is 391 g/mol. The topological polar surface area (TPSA) is 83.6 Å². The molecule has 0 fully saturated rings. The number of thioether (sulfide) groups is 1. The predicted octanol–water partition coefficient (Wildman–Crippen LogP) is 3.88. The standard InChI is InChI=1S/C21H21N5OS/c1-2-26-19(14-16-8-4-3-5-9-16)24-25-21(26)28-13-12-20(27)23-18-11-7-6-10-17(18)15-22/h3-11H,2,12-14H2,1H3,(H,23,27). The van der Waals surface area contributed by atoms with Crippen molar-refractivity contribution in [2.45, 2.75) is 31.5 Å². The number of nitriles is 1. The summed E-state index contributed by atoms with van der Waals surface area (Å²) in [4.78, 5) is 12.2. The number of carbonyl (C=O) groups excluding carboxylic acids is 1. The molecule has 0 aliphatic heterocycles. The molecule has 0 bridgehead atoms. The van der Waals surface area contributed by atoms with Crippen LogP contribution in [0.2, 0.25) is 0 Å². The molecule has 7 heteroatoms. The van der Waals surface area contributed by atoms with Gasteiger partial charge in [-0.05, 0) is 24.6 Å². The Morgan fingerprint density at radius 3 is 2.64 bits per heavy atom. The summed E-state index contributed by atoms with van der Waals surface area (Å²) < 4.78 is 2.08. The van der Waals surface area contributed by atoms with Crippen molar-refractivity contribution in [3.8, 4) is 6.07 Å². The molecule has 6 nitrogen and oxygen atoms in total. The molecule has 0 spiro atoms. The second kappa shape index (κ2) is 9.72. The number of hydrogen-bond acceptors (Lipinski definition) is 5. The third-order valence-corrected chi connectivity index (χ3v) is 5.17. The van der Waals surface area contributed by atoms with Gasteiger partial charge in [0.15, 0.2) is 5.16 Å². The summed E-state index contributed by atoms with van der Waals surface area (Å²) in [6.45, 7) is 2.84.